The van der Waals surface area contributed by atoms with Crippen molar-refractivity contribution in [3.05, 3.63) is 71.3 Å². The van der Waals surface area contributed by atoms with E-state index in [9.17, 15) is 14.4 Å². The zero-order chi connectivity index (χ0) is 18.5. The second-order valence-corrected chi connectivity index (χ2v) is 6.22. The number of hydrogen-bond acceptors (Lipinski definition) is 4. The van der Waals surface area contributed by atoms with Gasteiger partial charge in [0.15, 0.2) is 6.10 Å². The topological polar surface area (TPSA) is 89.7 Å². The number of amides is 2. The molecule has 3 rings (SSSR count). The number of primary amides is 1. The van der Waals surface area contributed by atoms with E-state index >= 15 is 0 Å². The predicted molar refractivity (Wildman–Crippen MR) is 95.0 cm³/mol. The number of fused-ring (bicyclic) bond motifs is 1. The van der Waals surface area contributed by atoms with E-state index in [0.29, 0.717) is 18.5 Å². The number of cyclic esters (lactones) is 1. The minimum Gasteiger partial charge on any atom is -0.448 e. The summed E-state index contributed by atoms with van der Waals surface area (Å²) >= 11 is 0. The molecule has 0 bridgehead atoms. The maximum absolute atomic E-state index is 13.0. The summed E-state index contributed by atoms with van der Waals surface area (Å²) in [6.07, 6.45) is -0.521. The van der Waals surface area contributed by atoms with Gasteiger partial charge >= 0.3 is 5.97 Å². The molecule has 0 saturated carbocycles. The molecule has 2 amide bonds. The Bertz CT molecular complexity index is 820. The van der Waals surface area contributed by atoms with Crippen LogP contribution in [0.5, 0.6) is 0 Å². The molecule has 134 valence electrons. The van der Waals surface area contributed by atoms with Crippen molar-refractivity contribution in [3.63, 3.8) is 0 Å². The lowest BCUT2D eigenvalue weighted by atomic mass is 9.98. The molecule has 6 heteroatoms. The smallest absolute Gasteiger partial charge is 0.339 e. The Balaban J connectivity index is 1.78. The van der Waals surface area contributed by atoms with Crippen LogP contribution in [-0.2, 0) is 27.3 Å². The average molecular weight is 352 g/mol. The highest BCUT2D eigenvalue weighted by Crippen LogP contribution is 2.22. The third kappa shape index (κ3) is 4.08. The maximum atomic E-state index is 13.0. The Morgan fingerprint density at radius 3 is 2.50 bits per heavy atom. The number of nitrogens with two attached hydrogens (primary N) is 1. The molecule has 2 N–H and O–H groups in total. The number of rotatable bonds is 6. The van der Waals surface area contributed by atoms with Gasteiger partial charge in [-0.1, -0.05) is 48.5 Å². The van der Waals surface area contributed by atoms with Crippen LogP contribution in [0.4, 0.5) is 0 Å². The van der Waals surface area contributed by atoms with Gasteiger partial charge in [0.2, 0.25) is 5.91 Å². The van der Waals surface area contributed by atoms with E-state index in [0.717, 1.165) is 11.1 Å². The van der Waals surface area contributed by atoms with Gasteiger partial charge in [-0.05, 0) is 17.2 Å². The maximum Gasteiger partial charge on any atom is 0.339 e. The fraction of sp³-hybridized carbons (Fsp3) is 0.250. The minimum atomic E-state index is -0.894. The Labute approximate surface area is 151 Å². The first kappa shape index (κ1) is 17.7. The zero-order valence-electron chi connectivity index (χ0n) is 14.3. The van der Waals surface area contributed by atoms with Crippen LogP contribution in [0.25, 0.3) is 0 Å². The molecular weight excluding hydrogens is 332 g/mol. The van der Waals surface area contributed by atoms with E-state index < -0.39 is 18.0 Å². The van der Waals surface area contributed by atoms with Crippen molar-refractivity contribution in [2.45, 2.75) is 25.5 Å². The zero-order valence-corrected chi connectivity index (χ0v) is 14.3. The van der Waals surface area contributed by atoms with Gasteiger partial charge in [-0.2, -0.15) is 0 Å². The molecule has 2 aromatic carbocycles. The largest absolute Gasteiger partial charge is 0.448 e. The molecule has 1 atom stereocenters. The highest BCUT2D eigenvalue weighted by molar-refractivity contribution is 5.95. The predicted octanol–water partition coefficient (Wildman–Crippen LogP) is 1.67. The molecule has 0 radical (unpaired) electrons. The fourth-order valence-electron chi connectivity index (χ4n) is 2.99. The Kier molecular flexibility index (Phi) is 5.31. The van der Waals surface area contributed by atoms with E-state index in [1.54, 1.807) is 12.1 Å². The third-order valence-electron chi connectivity index (χ3n) is 4.32. The van der Waals surface area contributed by atoms with Crippen LogP contribution in [-0.4, -0.2) is 35.3 Å². The number of ether oxygens (including phenoxy) is 1. The molecule has 0 spiro atoms. The Hall–Kier alpha value is -3.15. The second kappa shape index (κ2) is 7.82. The van der Waals surface area contributed by atoms with Crippen molar-refractivity contribution in [1.82, 2.24) is 4.90 Å². The Morgan fingerprint density at radius 2 is 1.77 bits per heavy atom. The monoisotopic (exact) mass is 352 g/mol. The second-order valence-electron chi connectivity index (χ2n) is 6.22. The summed E-state index contributed by atoms with van der Waals surface area (Å²) in [5.41, 5.74) is 7.44. The van der Waals surface area contributed by atoms with Gasteiger partial charge in [0.05, 0.1) is 5.56 Å². The first-order chi connectivity index (χ1) is 12.5. The standard InChI is InChI=1S/C20H20N2O4/c21-18(23)10-11-22(13-14-6-2-1-3-7-14)19(24)17-12-15-8-4-5-9-16(15)20(25)26-17/h1-9,17H,10-13H2,(H2,21,23). The van der Waals surface area contributed by atoms with E-state index in [4.69, 9.17) is 10.5 Å². The highest BCUT2D eigenvalue weighted by atomic mass is 16.5. The van der Waals surface area contributed by atoms with Crippen molar-refractivity contribution in [3.8, 4) is 0 Å². The lowest BCUT2D eigenvalue weighted by Gasteiger charge is -2.30. The summed E-state index contributed by atoms with van der Waals surface area (Å²) in [7, 11) is 0. The van der Waals surface area contributed by atoms with Crippen molar-refractivity contribution in [1.29, 1.82) is 0 Å². The molecule has 2 aromatic rings. The molecule has 26 heavy (non-hydrogen) atoms. The molecule has 1 aliphatic rings. The van der Waals surface area contributed by atoms with E-state index in [1.165, 1.54) is 4.90 Å². The van der Waals surface area contributed by atoms with E-state index in [1.807, 2.05) is 42.5 Å². The van der Waals surface area contributed by atoms with E-state index in [2.05, 4.69) is 0 Å². The summed E-state index contributed by atoms with van der Waals surface area (Å²) in [5, 5.41) is 0. The summed E-state index contributed by atoms with van der Waals surface area (Å²) < 4.78 is 5.35. The van der Waals surface area contributed by atoms with Gasteiger partial charge in [-0.25, -0.2) is 4.79 Å². The van der Waals surface area contributed by atoms with Crippen LogP contribution in [0, 0.1) is 0 Å². The molecule has 1 unspecified atom stereocenters. The van der Waals surface area contributed by atoms with Crippen LogP contribution in [0.3, 0.4) is 0 Å². The lowest BCUT2D eigenvalue weighted by molar-refractivity contribution is -0.142. The summed E-state index contributed by atoms with van der Waals surface area (Å²) in [6, 6.07) is 16.5. The molecule has 1 aliphatic heterocycles. The van der Waals surface area contributed by atoms with Crippen LogP contribution in [0.1, 0.15) is 27.9 Å². The lowest BCUT2D eigenvalue weighted by Crippen LogP contribution is -2.45. The molecule has 1 heterocycles. The van der Waals surface area contributed by atoms with Gasteiger partial charge in [0.1, 0.15) is 0 Å². The van der Waals surface area contributed by atoms with Crippen LogP contribution in [0.2, 0.25) is 0 Å². The summed E-state index contributed by atoms with van der Waals surface area (Å²) in [5.74, 6) is -1.31. The molecule has 0 fully saturated rings. The molecule has 0 aliphatic carbocycles. The van der Waals surface area contributed by atoms with Crippen LogP contribution < -0.4 is 5.73 Å². The Morgan fingerprint density at radius 1 is 1.08 bits per heavy atom. The number of carbonyl (C=O) groups excluding carboxylic acids is 3. The number of benzene rings is 2. The van der Waals surface area contributed by atoms with Crippen molar-refractivity contribution < 1.29 is 19.1 Å². The summed E-state index contributed by atoms with van der Waals surface area (Å²) in [6.45, 7) is 0.501. The third-order valence-corrected chi connectivity index (χ3v) is 4.32. The van der Waals surface area contributed by atoms with Gasteiger partial charge in [-0.15, -0.1) is 0 Å². The number of nitrogens with zero attached hydrogens (tertiary/aromatic N) is 1. The molecule has 0 saturated heterocycles. The van der Waals surface area contributed by atoms with Crippen LogP contribution >= 0.6 is 0 Å². The van der Waals surface area contributed by atoms with Crippen molar-refractivity contribution >= 4 is 17.8 Å². The fourth-order valence-corrected chi connectivity index (χ4v) is 2.99. The number of esters is 1. The van der Waals surface area contributed by atoms with Crippen molar-refractivity contribution in [2.75, 3.05) is 6.54 Å². The SMILES string of the molecule is NC(=O)CCN(Cc1ccccc1)C(=O)C1Cc2ccccc2C(=O)O1. The highest BCUT2D eigenvalue weighted by Gasteiger charge is 2.33. The van der Waals surface area contributed by atoms with Crippen LogP contribution in [0.15, 0.2) is 54.6 Å². The van der Waals surface area contributed by atoms with Gasteiger partial charge in [0, 0.05) is 25.9 Å². The van der Waals surface area contributed by atoms with Gasteiger partial charge in [-0.3, -0.25) is 9.59 Å². The number of hydrogen-bond donors (Lipinski definition) is 1. The summed E-state index contributed by atoms with van der Waals surface area (Å²) in [4.78, 5) is 37.8. The molecule has 6 nitrogen and oxygen atoms in total. The van der Waals surface area contributed by atoms with E-state index in [-0.39, 0.29) is 18.9 Å². The average Bonchev–Trinajstić information content (AvgIpc) is 2.65. The minimum absolute atomic E-state index is 0.0514. The molecule has 0 aromatic heterocycles. The first-order valence-electron chi connectivity index (χ1n) is 8.44. The molecular formula is C20H20N2O4. The van der Waals surface area contributed by atoms with Crippen molar-refractivity contribution in [2.24, 2.45) is 5.73 Å². The number of carbonyl (C=O) groups is 3. The normalized spacial score (nSPS) is 15.7. The van der Waals surface area contributed by atoms with Gasteiger partial charge < -0.3 is 15.4 Å². The first-order valence-corrected chi connectivity index (χ1v) is 8.44. The quantitative estimate of drug-likeness (QED) is 0.801. The van der Waals surface area contributed by atoms with Gasteiger partial charge in [0.25, 0.3) is 5.91 Å².